The average Bonchev–Trinajstić information content (AvgIpc) is 3.40. The van der Waals surface area contributed by atoms with Crippen molar-refractivity contribution in [2.45, 2.75) is 69.2 Å². The highest BCUT2D eigenvalue weighted by Crippen LogP contribution is 2.40. The number of carbonyl (C=O) groups excluding carboxylic acids is 2. The molecule has 2 heterocycles. The molecule has 0 atom stereocenters. The summed E-state index contributed by atoms with van der Waals surface area (Å²) in [4.78, 5) is 45.2. The number of H-pyrrole nitrogens is 1. The number of carbonyl (C=O) groups is 2. The Morgan fingerprint density at radius 3 is 2.77 bits per heavy atom. The van der Waals surface area contributed by atoms with Gasteiger partial charge in [0.15, 0.2) is 0 Å². The topological polar surface area (TPSA) is 95.2 Å². The lowest BCUT2D eigenvalue weighted by atomic mass is 9.78. The Kier molecular flexibility index (Phi) is 4.78. The highest BCUT2D eigenvalue weighted by molar-refractivity contribution is 5.85. The fourth-order valence-electron chi connectivity index (χ4n) is 3.88. The van der Waals surface area contributed by atoms with E-state index in [2.05, 4.69) is 15.3 Å². The molecule has 3 fully saturated rings. The Hall–Kier alpha value is -2.18. The van der Waals surface area contributed by atoms with Crippen molar-refractivity contribution in [3.8, 4) is 0 Å². The van der Waals surface area contributed by atoms with E-state index in [4.69, 9.17) is 0 Å². The molecule has 1 aliphatic heterocycles. The van der Waals surface area contributed by atoms with E-state index in [1.54, 1.807) is 11.0 Å². The zero-order valence-electron chi connectivity index (χ0n) is 15.0. The van der Waals surface area contributed by atoms with E-state index in [1.807, 2.05) is 0 Å². The number of nitrogens with one attached hydrogen (secondary N) is 2. The van der Waals surface area contributed by atoms with Gasteiger partial charge in [-0.05, 0) is 38.5 Å². The number of nitrogens with zero attached hydrogens (tertiary/aromatic N) is 2. The Balaban J connectivity index is 1.28. The van der Waals surface area contributed by atoms with E-state index in [9.17, 15) is 14.4 Å². The van der Waals surface area contributed by atoms with Crippen LogP contribution < -0.4 is 10.9 Å². The summed E-state index contributed by atoms with van der Waals surface area (Å²) in [6, 6.07) is 1.70. The molecule has 0 bridgehead atoms. The van der Waals surface area contributed by atoms with Gasteiger partial charge in [0, 0.05) is 36.9 Å². The predicted molar refractivity (Wildman–Crippen MR) is 95.8 cm³/mol. The first-order valence-corrected chi connectivity index (χ1v) is 9.77. The van der Waals surface area contributed by atoms with Crippen molar-refractivity contribution >= 4 is 11.8 Å². The number of likely N-dealkylation sites (tertiary alicyclic amines) is 1. The molecule has 3 aliphatic rings. The van der Waals surface area contributed by atoms with Crippen molar-refractivity contribution in [3.05, 3.63) is 27.9 Å². The van der Waals surface area contributed by atoms with Crippen LogP contribution in [0.1, 0.15) is 74.7 Å². The lowest BCUT2D eigenvalue weighted by Crippen LogP contribution is -2.48. The van der Waals surface area contributed by atoms with E-state index >= 15 is 0 Å². The Morgan fingerprint density at radius 2 is 2.00 bits per heavy atom. The van der Waals surface area contributed by atoms with Crippen molar-refractivity contribution < 1.29 is 9.59 Å². The van der Waals surface area contributed by atoms with Crippen LogP contribution in [0.15, 0.2) is 10.9 Å². The van der Waals surface area contributed by atoms with Crippen molar-refractivity contribution in [1.82, 2.24) is 20.2 Å². The highest BCUT2D eigenvalue weighted by atomic mass is 16.2. The molecule has 4 rings (SSSR count). The van der Waals surface area contributed by atoms with Crippen LogP contribution in [0, 0.1) is 0 Å². The number of hydrogen-bond acceptors (Lipinski definition) is 4. The van der Waals surface area contributed by atoms with Crippen molar-refractivity contribution in [2.75, 3.05) is 13.1 Å². The molecular weight excluding hydrogens is 332 g/mol. The lowest BCUT2D eigenvalue weighted by molar-refractivity contribution is -0.136. The molecule has 0 unspecified atom stereocenters. The molecule has 2 N–H and O–H groups in total. The molecule has 0 radical (unpaired) electrons. The number of hydrogen-bond donors (Lipinski definition) is 2. The third-order valence-corrected chi connectivity index (χ3v) is 5.67. The number of aromatic amines is 1. The first-order chi connectivity index (χ1) is 12.6. The molecule has 7 heteroatoms. The molecule has 1 aromatic heterocycles. The first-order valence-electron chi connectivity index (χ1n) is 9.77. The summed E-state index contributed by atoms with van der Waals surface area (Å²) in [6.07, 6.45) is 7.32. The number of amides is 2. The van der Waals surface area contributed by atoms with Crippen LogP contribution in [0.3, 0.4) is 0 Å². The van der Waals surface area contributed by atoms with Crippen LogP contribution in [0.5, 0.6) is 0 Å². The Bertz CT molecular complexity index is 749. The summed E-state index contributed by atoms with van der Waals surface area (Å²) >= 11 is 0. The molecule has 0 spiro atoms. The molecule has 26 heavy (non-hydrogen) atoms. The van der Waals surface area contributed by atoms with Crippen LogP contribution >= 0.6 is 0 Å². The maximum absolute atomic E-state index is 12.2. The van der Waals surface area contributed by atoms with Crippen LogP contribution in [0.2, 0.25) is 0 Å². The monoisotopic (exact) mass is 358 g/mol. The molecule has 0 aromatic carbocycles. The standard InChI is InChI=1S/C19H26N4O3/c24-16-10-15(21-19(22-16)12-5-6-12)13-8-14(9-13)20-17(25)11-23-7-3-1-2-4-18(23)26/h10,12-14H,1-9,11H2,(H,20,25)(H,21,22,24). The van der Waals surface area contributed by atoms with Crippen LogP contribution in [-0.4, -0.2) is 45.8 Å². The van der Waals surface area contributed by atoms with E-state index in [0.717, 1.165) is 56.5 Å². The largest absolute Gasteiger partial charge is 0.352 e. The third kappa shape index (κ3) is 3.97. The summed E-state index contributed by atoms with van der Waals surface area (Å²) in [5.41, 5.74) is 0.771. The fourth-order valence-corrected chi connectivity index (χ4v) is 3.88. The molecule has 1 aromatic rings. The zero-order valence-corrected chi connectivity index (χ0v) is 15.0. The molecule has 2 saturated carbocycles. The molecule has 2 amide bonds. The smallest absolute Gasteiger partial charge is 0.251 e. The van der Waals surface area contributed by atoms with Crippen molar-refractivity contribution in [2.24, 2.45) is 0 Å². The van der Waals surface area contributed by atoms with E-state index < -0.39 is 0 Å². The summed E-state index contributed by atoms with van der Waals surface area (Å²) in [6.45, 7) is 0.843. The van der Waals surface area contributed by atoms with E-state index in [-0.39, 0.29) is 35.9 Å². The van der Waals surface area contributed by atoms with Gasteiger partial charge in [0.2, 0.25) is 11.8 Å². The van der Waals surface area contributed by atoms with Gasteiger partial charge in [-0.1, -0.05) is 6.42 Å². The first kappa shape index (κ1) is 17.2. The van der Waals surface area contributed by atoms with E-state index in [0.29, 0.717) is 18.9 Å². The van der Waals surface area contributed by atoms with Gasteiger partial charge in [0.25, 0.3) is 5.56 Å². The molecule has 140 valence electrons. The maximum Gasteiger partial charge on any atom is 0.251 e. The molecular formula is C19H26N4O3. The van der Waals surface area contributed by atoms with Gasteiger partial charge >= 0.3 is 0 Å². The van der Waals surface area contributed by atoms with Crippen LogP contribution in [-0.2, 0) is 9.59 Å². The quantitative estimate of drug-likeness (QED) is 0.832. The Labute approximate surface area is 152 Å². The van der Waals surface area contributed by atoms with Gasteiger partial charge < -0.3 is 15.2 Å². The van der Waals surface area contributed by atoms with Gasteiger partial charge in [0.1, 0.15) is 5.82 Å². The van der Waals surface area contributed by atoms with Crippen LogP contribution in [0.25, 0.3) is 0 Å². The second-order valence-electron chi connectivity index (χ2n) is 7.89. The minimum Gasteiger partial charge on any atom is -0.352 e. The van der Waals surface area contributed by atoms with Crippen LogP contribution in [0.4, 0.5) is 0 Å². The number of aromatic nitrogens is 2. The summed E-state index contributed by atoms with van der Waals surface area (Å²) in [5, 5.41) is 3.02. The van der Waals surface area contributed by atoms with Gasteiger partial charge in [-0.25, -0.2) is 4.98 Å². The minimum absolute atomic E-state index is 0.0796. The van der Waals surface area contributed by atoms with Crippen molar-refractivity contribution in [3.63, 3.8) is 0 Å². The number of rotatable bonds is 5. The Morgan fingerprint density at radius 1 is 1.19 bits per heavy atom. The summed E-state index contributed by atoms with van der Waals surface area (Å²) in [7, 11) is 0. The fraction of sp³-hybridized carbons (Fsp3) is 0.684. The maximum atomic E-state index is 12.2. The van der Waals surface area contributed by atoms with Gasteiger partial charge in [-0.2, -0.15) is 0 Å². The van der Waals surface area contributed by atoms with Crippen molar-refractivity contribution in [1.29, 1.82) is 0 Å². The normalized spacial score (nSPS) is 26.2. The second kappa shape index (κ2) is 7.21. The molecule has 1 saturated heterocycles. The SMILES string of the molecule is O=C(CN1CCCCCC1=O)NC1CC(c2cc(=O)[nH]c(C3CC3)n2)C1. The highest BCUT2D eigenvalue weighted by Gasteiger charge is 2.34. The second-order valence-corrected chi connectivity index (χ2v) is 7.89. The zero-order chi connectivity index (χ0) is 18.1. The minimum atomic E-state index is -0.0822. The molecule has 2 aliphatic carbocycles. The van der Waals surface area contributed by atoms with E-state index in [1.165, 1.54) is 0 Å². The van der Waals surface area contributed by atoms with Gasteiger partial charge in [-0.3, -0.25) is 14.4 Å². The third-order valence-electron chi connectivity index (χ3n) is 5.67. The predicted octanol–water partition coefficient (Wildman–Crippen LogP) is 1.41. The lowest BCUT2D eigenvalue weighted by Gasteiger charge is -2.36. The molecule has 7 nitrogen and oxygen atoms in total. The van der Waals surface area contributed by atoms with Gasteiger partial charge in [-0.15, -0.1) is 0 Å². The summed E-state index contributed by atoms with van der Waals surface area (Å²) < 4.78 is 0. The summed E-state index contributed by atoms with van der Waals surface area (Å²) in [5.74, 6) is 1.48. The average molecular weight is 358 g/mol. The van der Waals surface area contributed by atoms with Gasteiger partial charge in [0.05, 0.1) is 12.2 Å².